The standard InChI is InChI=1S/C8H12O6P2/c9-15(10,11)5-7-3-1-2-4-8(7)6-16(12,13)14/h1-4H,5-6H2,(H2,9,10,11)(H2,12,13,14)/p-4. The maximum absolute atomic E-state index is 10.6. The van der Waals surface area contributed by atoms with E-state index >= 15 is 0 Å². The van der Waals surface area contributed by atoms with Gasteiger partial charge in [0.25, 0.3) is 0 Å². The van der Waals surface area contributed by atoms with Gasteiger partial charge < -0.3 is 28.7 Å². The van der Waals surface area contributed by atoms with E-state index in [0.29, 0.717) is 0 Å². The lowest BCUT2D eigenvalue weighted by atomic mass is 10.1. The molecule has 90 valence electrons. The molecule has 1 rings (SSSR count). The molecule has 0 radical (unpaired) electrons. The van der Waals surface area contributed by atoms with Crippen LogP contribution in [0.1, 0.15) is 11.1 Å². The van der Waals surface area contributed by atoms with Gasteiger partial charge in [-0.25, -0.2) is 0 Å². The zero-order valence-corrected chi connectivity index (χ0v) is 9.86. The molecule has 0 unspecified atom stereocenters. The molecule has 1 aromatic carbocycles. The Hall–Kier alpha value is -0.480. The van der Waals surface area contributed by atoms with Gasteiger partial charge in [-0.1, -0.05) is 39.5 Å². The summed E-state index contributed by atoms with van der Waals surface area (Å²) < 4.78 is 21.1. The van der Waals surface area contributed by atoms with E-state index in [1.54, 1.807) is 0 Å². The van der Waals surface area contributed by atoms with E-state index in [2.05, 4.69) is 0 Å². The van der Waals surface area contributed by atoms with Crippen molar-refractivity contribution in [3.05, 3.63) is 35.4 Å². The van der Waals surface area contributed by atoms with Crippen LogP contribution in [0, 0.1) is 0 Å². The molecule has 0 atom stereocenters. The third-order valence-electron chi connectivity index (χ3n) is 1.85. The molecule has 0 spiro atoms. The summed E-state index contributed by atoms with van der Waals surface area (Å²) in [5.74, 6) is 0. The van der Waals surface area contributed by atoms with Crippen LogP contribution in [0.4, 0.5) is 0 Å². The number of rotatable bonds is 4. The van der Waals surface area contributed by atoms with E-state index in [-0.39, 0.29) is 11.1 Å². The van der Waals surface area contributed by atoms with Gasteiger partial charge >= 0.3 is 0 Å². The SMILES string of the molecule is O=P([O-])([O-])Cc1ccccc1CP(=O)([O-])[O-]. The maximum Gasteiger partial charge on any atom is 0.000508 e. The van der Waals surface area contributed by atoms with Gasteiger partial charge in [0.2, 0.25) is 0 Å². The summed E-state index contributed by atoms with van der Waals surface area (Å²) in [7, 11) is -9.55. The molecule has 0 aliphatic heterocycles. The Morgan fingerprint density at radius 1 is 0.812 bits per heavy atom. The first-order chi connectivity index (χ1) is 7.17. The Morgan fingerprint density at radius 2 is 1.12 bits per heavy atom. The highest BCUT2D eigenvalue weighted by Gasteiger charge is 2.05. The van der Waals surface area contributed by atoms with E-state index in [4.69, 9.17) is 0 Å². The summed E-state index contributed by atoms with van der Waals surface area (Å²) in [6, 6.07) is 5.56. The molecule has 0 amide bonds. The second kappa shape index (κ2) is 4.80. The smallest absolute Gasteiger partial charge is 0.000508 e. The summed E-state index contributed by atoms with van der Waals surface area (Å²) in [6.07, 6.45) is -1.58. The molecule has 0 bridgehead atoms. The molecule has 0 fully saturated rings. The molecule has 0 aromatic heterocycles. The van der Waals surface area contributed by atoms with Crippen molar-refractivity contribution < 1.29 is 28.7 Å². The minimum absolute atomic E-state index is 0.0581. The lowest BCUT2D eigenvalue weighted by Crippen LogP contribution is -2.18. The van der Waals surface area contributed by atoms with Gasteiger partial charge in [0.1, 0.15) is 0 Å². The van der Waals surface area contributed by atoms with Gasteiger partial charge in [0, 0.05) is 12.3 Å². The summed E-state index contributed by atoms with van der Waals surface area (Å²) in [6.45, 7) is 0. The summed E-state index contributed by atoms with van der Waals surface area (Å²) in [5, 5.41) is 0. The minimum atomic E-state index is -4.77. The van der Waals surface area contributed by atoms with Gasteiger partial charge in [0.05, 0.1) is 0 Å². The van der Waals surface area contributed by atoms with Crippen LogP contribution in [0.5, 0.6) is 0 Å². The third kappa shape index (κ3) is 5.03. The fraction of sp³-hybridized carbons (Fsp3) is 0.250. The highest BCUT2D eigenvalue weighted by atomic mass is 31.2. The Balaban J connectivity index is 3.01. The normalized spacial score (nSPS) is 12.8. The molecule has 0 aliphatic rings. The quantitative estimate of drug-likeness (QED) is 0.608. The lowest BCUT2D eigenvalue weighted by molar-refractivity contribution is -0.316. The van der Waals surface area contributed by atoms with Crippen molar-refractivity contribution >= 4 is 15.2 Å². The molecule has 0 aliphatic carbocycles. The van der Waals surface area contributed by atoms with E-state index in [9.17, 15) is 28.7 Å². The van der Waals surface area contributed by atoms with Crippen molar-refractivity contribution in [1.82, 2.24) is 0 Å². The number of hydrogen-bond acceptors (Lipinski definition) is 6. The Labute approximate surface area is 92.3 Å². The zero-order chi connectivity index (χ0) is 12.4. The Morgan fingerprint density at radius 3 is 1.38 bits per heavy atom. The van der Waals surface area contributed by atoms with E-state index in [1.165, 1.54) is 24.3 Å². The minimum Gasteiger partial charge on any atom is -0.810 e. The summed E-state index contributed by atoms with van der Waals surface area (Å²) in [5.41, 5.74) is 0.116. The van der Waals surface area contributed by atoms with Gasteiger partial charge in [0.15, 0.2) is 0 Å². The topological polar surface area (TPSA) is 126 Å². The molecular formula is C8H8O6P2-4. The average Bonchev–Trinajstić information content (AvgIpc) is 2.03. The fourth-order valence-corrected chi connectivity index (χ4v) is 2.73. The van der Waals surface area contributed by atoms with Crippen LogP contribution in [0.3, 0.4) is 0 Å². The van der Waals surface area contributed by atoms with E-state index in [1.807, 2.05) is 0 Å². The van der Waals surface area contributed by atoms with Crippen molar-refractivity contribution in [1.29, 1.82) is 0 Å². The molecule has 0 heterocycles. The molecular weight excluding hydrogens is 254 g/mol. The molecule has 16 heavy (non-hydrogen) atoms. The van der Waals surface area contributed by atoms with Gasteiger partial charge in [-0.05, 0) is 11.1 Å². The second-order valence-electron chi connectivity index (χ2n) is 3.31. The molecule has 8 heteroatoms. The van der Waals surface area contributed by atoms with Crippen LogP contribution < -0.4 is 19.6 Å². The lowest BCUT2D eigenvalue weighted by Gasteiger charge is -2.33. The van der Waals surface area contributed by atoms with Crippen LogP contribution >= 0.6 is 15.2 Å². The molecule has 0 saturated carbocycles. The van der Waals surface area contributed by atoms with Gasteiger partial charge in [-0.3, -0.25) is 0 Å². The van der Waals surface area contributed by atoms with Gasteiger partial charge in [-0.15, -0.1) is 0 Å². The van der Waals surface area contributed by atoms with Crippen LogP contribution in [-0.2, 0) is 21.5 Å². The first-order valence-electron chi connectivity index (χ1n) is 4.26. The molecule has 1 aromatic rings. The van der Waals surface area contributed by atoms with Crippen LogP contribution in [-0.4, -0.2) is 0 Å². The molecule has 0 N–H and O–H groups in total. The third-order valence-corrected chi connectivity index (χ3v) is 3.30. The van der Waals surface area contributed by atoms with E-state index < -0.39 is 27.5 Å². The van der Waals surface area contributed by atoms with Crippen molar-refractivity contribution in [2.75, 3.05) is 0 Å². The van der Waals surface area contributed by atoms with Crippen molar-refractivity contribution in [2.24, 2.45) is 0 Å². The Bertz CT molecular complexity index is 416. The Kier molecular flexibility index (Phi) is 4.07. The second-order valence-corrected chi connectivity index (χ2v) is 6.38. The van der Waals surface area contributed by atoms with Gasteiger partial charge in [-0.2, -0.15) is 0 Å². The van der Waals surface area contributed by atoms with Crippen LogP contribution in [0.2, 0.25) is 0 Å². The first-order valence-corrected chi connectivity index (χ1v) is 7.72. The van der Waals surface area contributed by atoms with Crippen LogP contribution in [0.25, 0.3) is 0 Å². The fourth-order valence-electron chi connectivity index (χ4n) is 1.28. The first kappa shape index (κ1) is 13.6. The monoisotopic (exact) mass is 262 g/mol. The molecule has 6 nitrogen and oxygen atoms in total. The summed E-state index contributed by atoms with van der Waals surface area (Å²) in [4.78, 5) is 42.3. The highest BCUT2D eigenvalue weighted by molar-refractivity contribution is 7.48. The highest BCUT2D eigenvalue weighted by Crippen LogP contribution is 2.35. The summed E-state index contributed by atoms with van der Waals surface area (Å²) >= 11 is 0. The number of hydrogen-bond donors (Lipinski definition) is 0. The van der Waals surface area contributed by atoms with Crippen molar-refractivity contribution in [3.63, 3.8) is 0 Å². The maximum atomic E-state index is 10.6. The number of benzene rings is 1. The molecule has 0 saturated heterocycles. The van der Waals surface area contributed by atoms with Crippen molar-refractivity contribution in [2.45, 2.75) is 12.3 Å². The van der Waals surface area contributed by atoms with E-state index in [0.717, 1.165) is 0 Å². The van der Waals surface area contributed by atoms with Crippen LogP contribution in [0.15, 0.2) is 24.3 Å². The largest absolute Gasteiger partial charge is 0.810 e. The average molecular weight is 262 g/mol. The zero-order valence-electron chi connectivity index (χ0n) is 8.07. The van der Waals surface area contributed by atoms with Crippen molar-refractivity contribution in [3.8, 4) is 0 Å². The predicted molar refractivity (Wildman–Crippen MR) is 49.1 cm³/mol. The predicted octanol–water partition coefficient (Wildman–Crippen LogP) is -1.49.